The molecular weight excluding hydrogens is 464 g/mol. The molecule has 1 amide bonds. The molecule has 0 aromatic heterocycles. The van der Waals surface area contributed by atoms with Crippen molar-refractivity contribution in [2.45, 2.75) is 12.5 Å². The summed E-state index contributed by atoms with van der Waals surface area (Å²) in [5.41, 5.74) is 3.45. The number of nitrogens with zero attached hydrogens (tertiary/aromatic N) is 2. The van der Waals surface area contributed by atoms with Gasteiger partial charge in [-0.2, -0.15) is 0 Å². The zero-order chi connectivity index (χ0) is 25.5. The average Bonchev–Trinajstić information content (AvgIpc) is 2.96. The van der Waals surface area contributed by atoms with E-state index in [0.717, 1.165) is 25.1 Å². The van der Waals surface area contributed by atoms with Crippen LogP contribution in [0.5, 0.6) is 5.75 Å². The van der Waals surface area contributed by atoms with Gasteiger partial charge in [-0.15, -0.1) is 0 Å². The summed E-state index contributed by atoms with van der Waals surface area (Å²) >= 11 is 0. The van der Waals surface area contributed by atoms with Crippen LogP contribution in [0.4, 0.5) is 0 Å². The number of β-amino-alcohol motifs (C(OH)–C–C–N with tert-alkyl or cyclic N) is 1. The van der Waals surface area contributed by atoms with Gasteiger partial charge in [-0.05, 0) is 46.5 Å². The van der Waals surface area contributed by atoms with E-state index in [1.807, 2.05) is 24.3 Å². The van der Waals surface area contributed by atoms with Crippen LogP contribution in [0.15, 0.2) is 78.9 Å². The molecule has 192 valence electrons. The van der Waals surface area contributed by atoms with Crippen molar-refractivity contribution in [2.24, 2.45) is 0 Å². The smallest absolute Gasteiger partial charge is 0.246 e. The molecule has 1 fully saturated rings. The number of fused-ring (bicyclic) bond motifs is 1. The van der Waals surface area contributed by atoms with E-state index in [1.54, 1.807) is 17.1 Å². The molecule has 2 heterocycles. The first-order chi connectivity index (χ1) is 18.2. The number of benzene rings is 3. The molecule has 1 N–H and O–H groups in total. The van der Waals surface area contributed by atoms with E-state index >= 15 is 0 Å². The first-order valence-electron chi connectivity index (χ1n) is 13.0. The Balaban J connectivity index is 1.12. The lowest BCUT2D eigenvalue weighted by atomic mass is 9.97. The third-order valence-corrected chi connectivity index (χ3v) is 6.96. The molecule has 3 aromatic carbocycles. The first-order valence-corrected chi connectivity index (χ1v) is 13.0. The number of aliphatic hydroxyl groups is 1. The maximum atomic E-state index is 12.4. The van der Waals surface area contributed by atoms with Gasteiger partial charge >= 0.3 is 0 Å². The Morgan fingerprint density at radius 3 is 2.59 bits per heavy atom. The fourth-order valence-corrected chi connectivity index (χ4v) is 4.86. The van der Waals surface area contributed by atoms with Crippen LogP contribution in [-0.2, 0) is 9.53 Å². The molecule has 2 aliphatic heterocycles. The number of carbonyl (C=O) groups excluding carboxylic acids is 1. The van der Waals surface area contributed by atoms with Gasteiger partial charge < -0.3 is 19.5 Å². The second-order valence-corrected chi connectivity index (χ2v) is 9.57. The molecule has 6 heteroatoms. The number of rotatable bonds is 8. The van der Waals surface area contributed by atoms with E-state index in [9.17, 15) is 9.90 Å². The van der Waals surface area contributed by atoms with E-state index in [-0.39, 0.29) is 12.5 Å². The lowest BCUT2D eigenvalue weighted by Gasteiger charge is -2.28. The average molecular weight is 499 g/mol. The summed E-state index contributed by atoms with van der Waals surface area (Å²) < 4.78 is 11.3. The highest BCUT2D eigenvalue weighted by Gasteiger charge is 2.18. The molecule has 2 aliphatic rings. The number of carbonyl (C=O) groups is 1. The van der Waals surface area contributed by atoms with Crippen molar-refractivity contribution in [1.29, 1.82) is 0 Å². The summed E-state index contributed by atoms with van der Waals surface area (Å²) in [6, 6.07) is 22.7. The van der Waals surface area contributed by atoms with Crippen molar-refractivity contribution < 1.29 is 19.4 Å². The molecule has 6 nitrogen and oxygen atoms in total. The predicted octanol–water partition coefficient (Wildman–Crippen LogP) is 4.24. The molecule has 1 atom stereocenters. The molecule has 5 rings (SSSR count). The van der Waals surface area contributed by atoms with E-state index in [0.29, 0.717) is 38.6 Å². The monoisotopic (exact) mass is 498 g/mol. The summed E-state index contributed by atoms with van der Waals surface area (Å²) in [4.78, 5) is 16.5. The van der Waals surface area contributed by atoms with E-state index in [1.165, 1.54) is 21.9 Å². The highest BCUT2D eigenvalue weighted by Crippen LogP contribution is 2.26. The minimum atomic E-state index is -0.609. The number of amides is 1. The van der Waals surface area contributed by atoms with E-state index < -0.39 is 6.10 Å². The highest BCUT2D eigenvalue weighted by molar-refractivity contribution is 5.92. The van der Waals surface area contributed by atoms with Crippen LogP contribution < -0.4 is 4.74 Å². The Kier molecular flexibility index (Phi) is 8.31. The van der Waals surface area contributed by atoms with Crippen LogP contribution in [-0.4, -0.2) is 79.5 Å². The van der Waals surface area contributed by atoms with Crippen molar-refractivity contribution in [2.75, 3.05) is 52.5 Å². The molecule has 1 saturated heterocycles. The normalized spacial score (nSPS) is 17.6. The van der Waals surface area contributed by atoms with Crippen molar-refractivity contribution in [3.8, 4) is 5.75 Å². The third kappa shape index (κ3) is 6.66. The van der Waals surface area contributed by atoms with Gasteiger partial charge in [-0.1, -0.05) is 60.7 Å². The summed E-state index contributed by atoms with van der Waals surface area (Å²) in [7, 11) is 0. The highest BCUT2D eigenvalue weighted by atomic mass is 16.5. The zero-order valence-corrected chi connectivity index (χ0v) is 21.1. The Morgan fingerprint density at radius 1 is 1.00 bits per heavy atom. The van der Waals surface area contributed by atoms with Gasteiger partial charge in [0.2, 0.25) is 5.91 Å². The van der Waals surface area contributed by atoms with Crippen LogP contribution in [0.3, 0.4) is 0 Å². The van der Waals surface area contributed by atoms with E-state index in [2.05, 4.69) is 53.4 Å². The first kappa shape index (κ1) is 25.2. The van der Waals surface area contributed by atoms with E-state index in [4.69, 9.17) is 9.47 Å². The van der Waals surface area contributed by atoms with Crippen LogP contribution in [0.25, 0.3) is 22.4 Å². The van der Waals surface area contributed by atoms with Gasteiger partial charge in [0.25, 0.3) is 0 Å². The summed E-state index contributed by atoms with van der Waals surface area (Å²) in [5.74, 6) is 0.629. The molecule has 0 spiro atoms. The number of aliphatic hydroxyl groups excluding tert-OH is 1. The minimum absolute atomic E-state index is 0.0284. The molecule has 0 aliphatic carbocycles. The number of hydrogen-bond acceptors (Lipinski definition) is 5. The van der Waals surface area contributed by atoms with Crippen molar-refractivity contribution >= 4 is 28.3 Å². The maximum absolute atomic E-state index is 12.4. The van der Waals surface area contributed by atoms with Gasteiger partial charge in [-0.3, -0.25) is 9.69 Å². The number of ether oxygens (including phenoxy) is 2. The third-order valence-electron chi connectivity index (χ3n) is 6.96. The lowest BCUT2D eigenvalue weighted by Crippen LogP contribution is -2.39. The molecule has 3 aromatic rings. The van der Waals surface area contributed by atoms with Gasteiger partial charge in [0.1, 0.15) is 18.5 Å². The fourth-order valence-electron chi connectivity index (χ4n) is 4.86. The van der Waals surface area contributed by atoms with Gasteiger partial charge in [0.15, 0.2) is 0 Å². The molecule has 1 unspecified atom stereocenters. The fraction of sp³-hybridized carbons (Fsp3) is 0.323. The molecule has 0 bridgehead atoms. The molecule has 37 heavy (non-hydrogen) atoms. The Bertz CT molecular complexity index is 1280. The van der Waals surface area contributed by atoms with Crippen LogP contribution in [0.1, 0.15) is 17.5 Å². The number of morpholine rings is 1. The lowest BCUT2D eigenvalue weighted by molar-refractivity contribution is -0.129. The summed E-state index contributed by atoms with van der Waals surface area (Å²) in [6.07, 6.45) is 5.98. The molecular formula is C31H34N2O4. The van der Waals surface area contributed by atoms with Crippen LogP contribution in [0.2, 0.25) is 0 Å². The van der Waals surface area contributed by atoms with Crippen molar-refractivity contribution in [3.05, 3.63) is 90.0 Å². The Hall–Kier alpha value is -3.45. The largest absolute Gasteiger partial charge is 0.490 e. The quantitative estimate of drug-likeness (QED) is 0.471. The summed E-state index contributed by atoms with van der Waals surface area (Å²) in [5, 5.41) is 13.2. The van der Waals surface area contributed by atoms with Crippen molar-refractivity contribution in [1.82, 2.24) is 9.80 Å². The number of para-hydroxylation sites is 1. The second-order valence-electron chi connectivity index (χ2n) is 9.57. The topological polar surface area (TPSA) is 62.2 Å². The zero-order valence-electron chi connectivity index (χ0n) is 21.1. The Labute approximate surface area is 218 Å². The Morgan fingerprint density at radius 2 is 1.78 bits per heavy atom. The van der Waals surface area contributed by atoms with Gasteiger partial charge in [0.05, 0.1) is 13.2 Å². The van der Waals surface area contributed by atoms with Crippen molar-refractivity contribution in [3.63, 3.8) is 0 Å². The minimum Gasteiger partial charge on any atom is -0.490 e. The van der Waals surface area contributed by atoms with Crippen LogP contribution >= 0.6 is 0 Å². The number of hydrogen-bond donors (Lipinski definition) is 1. The van der Waals surface area contributed by atoms with Crippen LogP contribution in [0, 0.1) is 0 Å². The molecule has 0 radical (unpaired) electrons. The second kappa shape index (κ2) is 12.2. The van der Waals surface area contributed by atoms with Gasteiger partial charge in [0, 0.05) is 44.4 Å². The summed E-state index contributed by atoms with van der Waals surface area (Å²) in [6.45, 7) is 4.84. The van der Waals surface area contributed by atoms with Gasteiger partial charge in [-0.25, -0.2) is 0 Å². The SMILES string of the molecule is O=C(C=Cc1ccccc1OCC(O)CN1CC=C(c2ccc3ccccc3c2)CC1)N1CCOCC1. The standard InChI is InChI=1S/C31H34N2O4/c34-29(22-32-15-13-25(14-16-32)28-10-9-24-5-1-2-7-27(24)21-28)23-37-30-8-4-3-6-26(30)11-12-31(35)33-17-19-36-20-18-33/h1-13,21,29,34H,14-20,22-23H2. The maximum Gasteiger partial charge on any atom is 0.246 e. The molecule has 0 saturated carbocycles. The predicted molar refractivity (Wildman–Crippen MR) is 147 cm³/mol.